The molecule has 1 unspecified atom stereocenters. The Hall–Kier alpha value is -0.770. The average molecular weight is 158 g/mol. The van der Waals surface area contributed by atoms with Gasteiger partial charge < -0.3 is 15.4 Å². The fourth-order valence-electron chi connectivity index (χ4n) is 1.22. The van der Waals surface area contributed by atoms with Gasteiger partial charge in [-0.3, -0.25) is 0 Å². The lowest BCUT2D eigenvalue weighted by atomic mass is 10.0. The summed E-state index contributed by atoms with van der Waals surface area (Å²) >= 11 is 0. The van der Waals surface area contributed by atoms with E-state index in [1.54, 1.807) is 0 Å². The number of amides is 1. The molecule has 1 aliphatic heterocycles. The number of ether oxygens (including phenoxy) is 1. The number of rotatable bonds is 1. The van der Waals surface area contributed by atoms with Crippen LogP contribution in [-0.4, -0.2) is 31.8 Å². The maximum absolute atomic E-state index is 10.8. The van der Waals surface area contributed by atoms with Crippen molar-refractivity contribution in [1.29, 1.82) is 0 Å². The third-order valence-electron chi connectivity index (χ3n) is 1.96. The van der Waals surface area contributed by atoms with E-state index in [4.69, 9.17) is 0 Å². The number of carbonyl (C=O) groups excluding carboxylic acids is 1. The first kappa shape index (κ1) is 8.33. The number of hydrogen-bond acceptors (Lipinski definition) is 3. The molecule has 1 fully saturated rings. The zero-order chi connectivity index (χ0) is 8.32. The van der Waals surface area contributed by atoms with Crippen molar-refractivity contribution in [2.75, 3.05) is 20.2 Å². The zero-order valence-corrected chi connectivity index (χ0v) is 6.94. The van der Waals surface area contributed by atoms with Crippen molar-refractivity contribution in [1.82, 2.24) is 10.6 Å². The molecule has 0 saturated carbocycles. The molecule has 0 aromatic heterocycles. The van der Waals surface area contributed by atoms with E-state index in [0.29, 0.717) is 0 Å². The van der Waals surface area contributed by atoms with E-state index < -0.39 is 0 Å². The Morgan fingerprint density at radius 1 is 1.73 bits per heavy atom. The average Bonchev–Trinajstić information content (AvgIpc) is 2.36. The normalized spacial score (nSPS) is 30.0. The van der Waals surface area contributed by atoms with Crippen LogP contribution in [0.25, 0.3) is 0 Å². The largest absolute Gasteiger partial charge is 0.453 e. The predicted octanol–water partition coefficient (Wildman–Crippen LogP) is 0.0944. The van der Waals surface area contributed by atoms with Gasteiger partial charge in [0.15, 0.2) is 0 Å². The van der Waals surface area contributed by atoms with Gasteiger partial charge in [-0.2, -0.15) is 0 Å². The van der Waals surface area contributed by atoms with E-state index in [1.807, 2.05) is 6.92 Å². The highest BCUT2D eigenvalue weighted by Gasteiger charge is 2.30. The lowest BCUT2D eigenvalue weighted by molar-refractivity contribution is 0.159. The molecule has 1 heterocycles. The molecule has 0 bridgehead atoms. The summed E-state index contributed by atoms with van der Waals surface area (Å²) in [7, 11) is 1.38. The van der Waals surface area contributed by atoms with Gasteiger partial charge in [-0.1, -0.05) is 0 Å². The van der Waals surface area contributed by atoms with Crippen LogP contribution < -0.4 is 10.6 Å². The maximum Gasteiger partial charge on any atom is 0.407 e. The van der Waals surface area contributed by atoms with Gasteiger partial charge in [-0.25, -0.2) is 4.79 Å². The van der Waals surface area contributed by atoms with Crippen LogP contribution in [0, 0.1) is 0 Å². The first-order valence-corrected chi connectivity index (χ1v) is 3.73. The van der Waals surface area contributed by atoms with Gasteiger partial charge in [-0.05, 0) is 19.9 Å². The Balaban J connectivity index is 2.39. The zero-order valence-electron chi connectivity index (χ0n) is 6.94. The second-order valence-corrected chi connectivity index (χ2v) is 3.10. The Morgan fingerprint density at radius 3 is 2.91 bits per heavy atom. The van der Waals surface area contributed by atoms with E-state index in [-0.39, 0.29) is 11.6 Å². The Morgan fingerprint density at radius 2 is 2.45 bits per heavy atom. The number of hydrogen-bond donors (Lipinski definition) is 2. The summed E-state index contributed by atoms with van der Waals surface area (Å²) in [6.07, 6.45) is 0.610. The minimum absolute atomic E-state index is 0.118. The topological polar surface area (TPSA) is 50.4 Å². The van der Waals surface area contributed by atoms with Gasteiger partial charge in [0.1, 0.15) is 0 Å². The van der Waals surface area contributed by atoms with Crippen LogP contribution in [0.2, 0.25) is 0 Å². The maximum atomic E-state index is 10.8. The van der Waals surface area contributed by atoms with Crippen LogP contribution in [0.5, 0.6) is 0 Å². The van der Waals surface area contributed by atoms with Gasteiger partial charge in [0.25, 0.3) is 0 Å². The van der Waals surface area contributed by atoms with Crippen LogP contribution in [-0.2, 0) is 4.74 Å². The lowest BCUT2D eigenvalue weighted by Crippen LogP contribution is -2.47. The monoisotopic (exact) mass is 158 g/mol. The summed E-state index contributed by atoms with van der Waals surface area (Å²) in [6.45, 7) is 3.78. The summed E-state index contributed by atoms with van der Waals surface area (Å²) in [5.74, 6) is 0. The van der Waals surface area contributed by atoms with Gasteiger partial charge >= 0.3 is 6.09 Å². The molecule has 0 spiro atoms. The molecule has 1 atom stereocenters. The summed E-state index contributed by atoms with van der Waals surface area (Å²) < 4.78 is 4.50. The molecule has 0 aromatic carbocycles. The fraction of sp³-hybridized carbons (Fsp3) is 0.857. The van der Waals surface area contributed by atoms with Crippen molar-refractivity contribution >= 4 is 6.09 Å². The van der Waals surface area contributed by atoms with E-state index in [2.05, 4.69) is 15.4 Å². The Bertz CT molecular complexity index is 153. The molecule has 2 N–H and O–H groups in total. The number of carbonyl (C=O) groups is 1. The third kappa shape index (κ3) is 2.08. The minimum atomic E-state index is -0.351. The van der Waals surface area contributed by atoms with Crippen molar-refractivity contribution in [3.8, 4) is 0 Å². The van der Waals surface area contributed by atoms with Crippen LogP contribution >= 0.6 is 0 Å². The van der Waals surface area contributed by atoms with Crippen molar-refractivity contribution < 1.29 is 9.53 Å². The fourth-order valence-corrected chi connectivity index (χ4v) is 1.22. The smallest absolute Gasteiger partial charge is 0.407 e. The summed E-state index contributed by atoms with van der Waals surface area (Å²) in [4.78, 5) is 10.8. The molecule has 0 radical (unpaired) electrons. The SMILES string of the molecule is COC(=O)NC1(C)CCNC1. The Labute approximate surface area is 66.3 Å². The van der Waals surface area contributed by atoms with E-state index in [1.165, 1.54) is 7.11 Å². The molecule has 1 rings (SSSR count). The van der Waals surface area contributed by atoms with Gasteiger partial charge in [0.05, 0.1) is 12.6 Å². The van der Waals surface area contributed by atoms with E-state index >= 15 is 0 Å². The van der Waals surface area contributed by atoms with Gasteiger partial charge in [0.2, 0.25) is 0 Å². The summed E-state index contributed by atoms with van der Waals surface area (Å²) in [6, 6.07) is 0. The van der Waals surface area contributed by atoms with Crippen molar-refractivity contribution in [2.24, 2.45) is 0 Å². The van der Waals surface area contributed by atoms with Crippen LogP contribution in [0.4, 0.5) is 4.79 Å². The predicted molar refractivity (Wildman–Crippen MR) is 41.4 cm³/mol. The van der Waals surface area contributed by atoms with Crippen molar-refractivity contribution in [3.63, 3.8) is 0 Å². The lowest BCUT2D eigenvalue weighted by Gasteiger charge is -2.22. The number of alkyl carbamates (subject to hydrolysis) is 1. The molecule has 4 nitrogen and oxygen atoms in total. The van der Waals surface area contributed by atoms with E-state index in [9.17, 15) is 4.79 Å². The summed E-state index contributed by atoms with van der Waals surface area (Å²) in [5.41, 5.74) is -0.118. The first-order chi connectivity index (χ1) is 5.16. The van der Waals surface area contributed by atoms with Gasteiger partial charge in [0, 0.05) is 6.54 Å². The first-order valence-electron chi connectivity index (χ1n) is 3.73. The standard InChI is InChI=1S/C7H14N2O2/c1-7(3-4-8-5-7)9-6(10)11-2/h8H,3-5H2,1-2H3,(H,9,10). The highest BCUT2D eigenvalue weighted by atomic mass is 16.5. The second-order valence-electron chi connectivity index (χ2n) is 3.10. The number of nitrogens with one attached hydrogen (secondary N) is 2. The molecule has 0 aliphatic carbocycles. The molecule has 1 aliphatic rings. The Kier molecular flexibility index (Phi) is 2.34. The summed E-state index contributed by atoms with van der Waals surface area (Å²) in [5, 5.41) is 5.95. The molecular weight excluding hydrogens is 144 g/mol. The molecule has 1 amide bonds. The van der Waals surface area contributed by atoms with Crippen LogP contribution in [0.1, 0.15) is 13.3 Å². The molecule has 1 saturated heterocycles. The van der Waals surface area contributed by atoms with Crippen molar-refractivity contribution in [2.45, 2.75) is 18.9 Å². The van der Waals surface area contributed by atoms with Gasteiger partial charge in [-0.15, -0.1) is 0 Å². The molecule has 11 heavy (non-hydrogen) atoms. The van der Waals surface area contributed by atoms with E-state index in [0.717, 1.165) is 19.5 Å². The number of methoxy groups -OCH3 is 1. The third-order valence-corrected chi connectivity index (χ3v) is 1.96. The second kappa shape index (κ2) is 3.09. The molecular formula is C7H14N2O2. The highest BCUT2D eigenvalue weighted by molar-refractivity contribution is 5.68. The quantitative estimate of drug-likeness (QED) is 0.569. The molecule has 0 aromatic rings. The van der Waals surface area contributed by atoms with Crippen LogP contribution in [0.3, 0.4) is 0 Å². The minimum Gasteiger partial charge on any atom is -0.453 e. The highest BCUT2D eigenvalue weighted by Crippen LogP contribution is 2.12. The molecule has 4 heteroatoms. The van der Waals surface area contributed by atoms with Crippen molar-refractivity contribution in [3.05, 3.63) is 0 Å². The van der Waals surface area contributed by atoms with Crippen LogP contribution in [0.15, 0.2) is 0 Å². The molecule has 64 valence electrons.